The lowest BCUT2D eigenvalue weighted by atomic mass is 10.2. The molecule has 6 nitrogen and oxygen atoms in total. The van der Waals surface area contributed by atoms with Crippen LogP contribution in [0.15, 0.2) is 30.3 Å². The van der Waals surface area contributed by atoms with Gasteiger partial charge in [0, 0.05) is 11.8 Å². The molecule has 2 aromatic rings. The minimum atomic E-state index is -0.667. The summed E-state index contributed by atoms with van der Waals surface area (Å²) in [5.41, 5.74) is 1.49. The zero-order valence-electron chi connectivity index (χ0n) is 11.9. The van der Waals surface area contributed by atoms with Crippen LogP contribution < -0.4 is 10.1 Å². The van der Waals surface area contributed by atoms with Crippen molar-refractivity contribution in [2.45, 2.75) is 26.4 Å². The first-order valence-electron chi connectivity index (χ1n) is 6.64. The second-order valence-electron chi connectivity index (χ2n) is 4.52. The van der Waals surface area contributed by atoms with Crippen LogP contribution >= 0.6 is 0 Å². The number of aryl methyl sites for hydroxylation is 1. The van der Waals surface area contributed by atoms with Gasteiger partial charge in [0.1, 0.15) is 5.75 Å². The van der Waals surface area contributed by atoms with Gasteiger partial charge in [-0.25, -0.2) is 0 Å². The Labute approximate surface area is 122 Å². The Bertz CT molecular complexity index is 655. The van der Waals surface area contributed by atoms with E-state index in [9.17, 15) is 4.79 Å². The average Bonchev–Trinajstić information content (AvgIpc) is 2.95. The maximum absolute atomic E-state index is 12.0. The number of nitrogens with one attached hydrogen (secondary N) is 2. The van der Waals surface area contributed by atoms with E-state index in [2.05, 4.69) is 15.5 Å². The van der Waals surface area contributed by atoms with Crippen LogP contribution in [0.4, 0.5) is 5.82 Å². The maximum atomic E-state index is 12.0. The van der Waals surface area contributed by atoms with Crippen LogP contribution in [0, 0.1) is 11.3 Å². The van der Waals surface area contributed by atoms with Gasteiger partial charge in [-0.05, 0) is 37.6 Å². The van der Waals surface area contributed by atoms with Gasteiger partial charge in [0.2, 0.25) is 0 Å². The molecule has 1 unspecified atom stereocenters. The normalized spacial score (nSPS) is 11.5. The summed E-state index contributed by atoms with van der Waals surface area (Å²) in [6.07, 6.45) is 0.153. The largest absolute Gasteiger partial charge is 0.481 e. The lowest BCUT2D eigenvalue weighted by molar-refractivity contribution is -0.122. The molecule has 1 heterocycles. The van der Waals surface area contributed by atoms with Crippen LogP contribution in [0.1, 0.15) is 25.1 Å². The highest BCUT2D eigenvalue weighted by Gasteiger charge is 2.16. The molecular formula is C15H16N4O2. The molecular weight excluding hydrogens is 268 g/mol. The number of aromatic amines is 1. The molecule has 0 saturated heterocycles. The number of carbonyl (C=O) groups is 1. The number of rotatable bonds is 5. The van der Waals surface area contributed by atoms with Crippen molar-refractivity contribution in [2.24, 2.45) is 0 Å². The number of carbonyl (C=O) groups excluding carboxylic acids is 1. The lowest BCUT2D eigenvalue weighted by Gasteiger charge is -2.13. The topological polar surface area (TPSA) is 90.8 Å². The smallest absolute Gasteiger partial charge is 0.266 e. The Kier molecular flexibility index (Phi) is 4.57. The summed E-state index contributed by atoms with van der Waals surface area (Å²) in [4.78, 5) is 12.0. The number of benzene rings is 1. The van der Waals surface area contributed by atoms with E-state index in [1.54, 1.807) is 37.3 Å². The molecule has 1 amide bonds. The number of nitriles is 1. The Hall–Kier alpha value is -2.81. The van der Waals surface area contributed by atoms with E-state index in [1.165, 1.54) is 0 Å². The van der Waals surface area contributed by atoms with E-state index in [-0.39, 0.29) is 5.91 Å². The number of aromatic nitrogens is 2. The van der Waals surface area contributed by atoms with Gasteiger partial charge in [0.25, 0.3) is 5.91 Å². The summed E-state index contributed by atoms with van der Waals surface area (Å²) in [6, 6.07) is 10.4. The zero-order chi connectivity index (χ0) is 15.2. The van der Waals surface area contributed by atoms with E-state index < -0.39 is 6.10 Å². The van der Waals surface area contributed by atoms with E-state index in [4.69, 9.17) is 10.00 Å². The molecule has 0 saturated carbocycles. The molecule has 2 rings (SSSR count). The number of hydrogen-bond acceptors (Lipinski definition) is 4. The second-order valence-corrected chi connectivity index (χ2v) is 4.52. The van der Waals surface area contributed by atoms with E-state index in [0.717, 1.165) is 12.1 Å². The van der Waals surface area contributed by atoms with Crippen molar-refractivity contribution < 1.29 is 9.53 Å². The molecule has 0 fully saturated rings. The van der Waals surface area contributed by atoms with E-state index in [1.807, 2.05) is 13.0 Å². The average molecular weight is 284 g/mol. The van der Waals surface area contributed by atoms with Gasteiger partial charge in [-0.1, -0.05) is 6.92 Å². The zero-order valence-corrected chi connectivity index (χ0v) is 11.9. The number of anilines is 1. The first-order chi connectivity index (χ1) is 10.1. The van der Waals surface area contributed by atoms with Crippen LogP contribution in [0.5, 0.6) is 5.75 Å². The first kappa shape index (κ1) is 14.6. The number of hydrogen-bond donors (Lipinski definition) is 2. The van der Waals surface area contributed by atoms with Crippen molar-refractivity contribution in [3.63, 3.8) is 0 Å². The quantitative estimate of drug-likeness (QED) is 0.881. The summed E-state index contributed by atoms with van der Waals surface area (Å²) < 4.78 is 5.52. The Balaban J connectivity index is 1.94. The molecule has 0 aliphatic rings. The number of H-pyrrole nitrogens is 1. The number of ether oxygens (including phenoxy) is 1. The third-order valence-electron chi connectivity index (χ3n) is 2.93. The van der Waals surface area contributed by atoms with Crippen LogP contribution in [-0.2, 0) is 11.2 Å². The molecule has 1 aromatic heterocycles. The highest BCUT2D eigenvalue weighted by atomic mass is 16.5. The Morgan fingerprint density at radius 1 is 1.48 bits per heavy atom. The first-order valence-corrected chi connectivity index (χ1v) is 6.64. The molecule has 108 valence electrons. The molecule has 6 heteroatoms. The third kappa shape index (κ3) is 3.83. The summed E-state index contributed by atoms with van der Waals surface area (Å²) in [7, 11) is 0. The van der Waals surface area contributed by atoms with Gasteiger partial charge in [0.15, 0.2) is 11.9 Å². The second kappa shape index (κ2) is 6.57. The fraction of sp³-hybridized carbons (Fsp3) is 0.267. The number of nitrogens with zero attached hydrogens (tertiary/aromatic N) is 2. The molecule has 0 aliphatic heterocycles. The van der Waals surface area contributed by atoms with Gasteiger partial charge < -0.3 is 10.1 Å². The fourth-order valence-electron chi connectivity index (χ4n) is 1.70. The predicted molar refractivity (Wildman–Crippen MR) is 77.8 cm³/mol. The molecule has 21 heavy (non-hydrogen) atoms. The number of amides is 1. The standard InChI is InChI=1S/C15H16N4O2/c1-3-12-8-14(19-18-12)17-15(20)10(2)21-13-6-4-11(9-16)5-7-13/h4-8,10H,3H2,1-2H3,(H2,17,18,19,20). The van der Waals surface area contributed by atoms with Gasteiger partial charge in [-0.3, -0.25) is 9.89 Å². The fourth-order valence-corrected chi connectivity index (χ4v) is 1.70. The highest BCUT2D eigenvalue weighted by molar-refractivity contribution is 5.93. The van der Waals surface area contributed by atoms with Crippen LogP contribution in [-0.4, -0.2) is 22.2 Å². The van der Waals surface area contributed by atoms with Crippen molar-refractivity contribution in [3.05, 3.63) is 41.6 Å². The molecule has 0 spiro atoms. The van der Waals surface area contributed by atoms with Gasteiger partial charge in [-0.2, -0.15) is 10.4 Å². The summed E-state index contributed by atoms with van der Waals surface area (Å²) >= 11 is 0. The SMILES string of the molecule is CCc1cc(NC(=O)C(C)Oc2ccc(C#N)cc2)n[nH]1. The molecule has 0 bridgehead atoms. The van der Waals surface area contributed by atoms with Crippen molar-refractivity contribution in [3.8, 4) is 11.8 Å². The monoisotopic (exact) mass is 284 g/mol. The van der Waals surface area contributed by atoms with Crippen LogP contribution in [0.25, 0.3) is 0 Å². The summed E-state index contributed by atoms with van der Waals surface area (Å²) in [5, 5.41) is 18.2. The molecule has 2 N–H and O–H groups in total. The van der Waals surface area contributed by atoms with Crippen molar-refractivity contribution in [1.82, 2.24) is 10.2 Å². The molecule has 1 atom stereocenters. The predicted octanol–water partition coefficient (Wildman–Crippen LogP) is 2.25. The summed E-state index contributed by atoms with van der Waals surface area (Å²) in [5.74, 6) is 0.730. The van der Waals surface area contributed by atoms with Gasteiger partial charge in [-0.15, -0.1) is 0 Å². The van der Waals surface area contributed by atoms with Crippen molar-refractivity contribution in [1.29, 1.82) is 5.26 Å². The molecule has 0 aliphatic carbocycles. The Morgan fingerprint density at radius 3 is 2.76 bits per heavy atom. The minimum absolute atomic E-state index is 0.284. The van der Waals surface area contributed by atoms with Crippen LogP contribution in [0.3, 0.4) is 0 Å². The molecule has 0 radical (unpaired) electrons. The van der Waals surface area contributed by atoms with Gasteiger partial charge >= 0.3 is 0 Å². The van der Waals surface area contributed by atoms with Crippen molar-refractivity contribution in [2.75, 3.05) is 5.32 Å². The minimum Gasteiger partial charge on any atom is -0.481 e. The Morgan fingerprint density at radius 2 is 2.19 bits per heavy atom. The third-order valence-corrected chi connectivity index (χ3v) is 2.93. The maximum Gasteiger partial charge on any atom is 0.266 e. The highest BCUT2D eigenvalue weighted by Crippen LogP contribution is 2.14. The van der Waals surface area contributed by atoms with E-state index in [0.29, 0.717) is 17.1 Å². The lowest BCUT2D eigenvalue weighted by Crippen LogP contribution is -2.30. The van der Waals surface area contributed by atoms with E-state index >= 15 is 0 Å². The molecule has 1 aromatic carbocycles. The summed E-state index contributed by atoms with van der Waals surface area (Å²) in [6.45, 7) is 3.65. The van der Waals surface area contributed by atoms with Crippen molar-refractivity contribution >= 4 is 11.7 Å². The van der Waals surface area contributed by atoms with Crippen LogP contribution in [0.2, 0.25) is 0 Å². The van der Waals surface area contributed by atoms with Gasteiger partial charge in [0.05, 0.1) is 11.6 Å².